The molecular weight excluding hydrogens is 251 g/mol. The predicted octanol–water partition coefficient (Wildman–Crippen LogP) is 3.68. The third-order valence-electron chi connectivity index (χ3n) is 3.42. The minimum Gasteiger partial charge on any atom is -0.379 e. The summed E-state index contributed by atoms with van der Waals surface area (Å²) >= 11 is 0. The van der Waals surface area contributed by atoms with Crippen LogP contribution in [0.5, 0.6) is 0 Å². The Hall–Kier alpha value is -1.97. The van der Waals surface area contributed by atoms with Gasteiger partial charge in [0.15, 0.2) is 11.6 Å². The molecule has 1 nitrogen and oxygen atoms in total. The van der Waals surface area contributed by atoms with Gasteiger partial charge in [-0.1, -0.05) is 24.3 Å². The van der Waals surface area contributed by atoms with Crippen molar-refractivity contribution in [1.29, 1.82) is 0 Å². The van der Waals surface area contributed by atoms with Crippen LogP contribution in [-0.4, -0.2) is 6.04 Å². The first-order chi connectivity index (χ1) is 9.13. The lowest BCUT2D eigenvalue weighted by atomic mass is 10.1. The van der Waals surface area contributed by atoms with Gasteiger partial charge in [-0.05, 0) is 24.0 Å². The second kappa shape index (κ2) is 4.61. The molecule has 2 aromatic carbocycles. The number of hydrogen-bond acceptors (Lipinski definition) is 1. The molecule has 0 saturated heterocycles. The Morgan fingerprint density at radius 2 is 1.42 bits per heavy atom. The van der Waals surface area contributed by atoms with E-state index in [0.29, 0.717) is 6.07 Å². The van der Waals surface area contributed by atoms with Gasteiger partial charge in [0.05, 0.1) is 5.69 Å². The standard InChI is InChI=1S/C15H12F3N/c16-12-7-14(18)15(8-13(12)17)19-11-5-9-3-1-2-4-10(9)6-11/h1-4,7-8,11,19H,5-6H2. The first kappa shape index (κ1) is 12.1. The summed E-state index contributed by atoms with van der Waals surface area (Å²) in [6.45, 7) is 0. The fourth-order valence-electron chi connectivity index (χ4n) is 2.51. The van der Waals surface area contributed by atoms with Gasteiger partial charge in [-0.3, -0.25) is 0 Å². The second-order valence-corrected chi connectivity index (χ2v) is 4.76. The van der Waals surface area contributed by atoms with Crippen molar-refractivity contribution >= 4 is 5.69 Å². The fraction of sp³-hybridized carbons (Fsp3) is 0.200. The normalized spacial score (nSPS) is 14.5. The summed E-state index contributed by atoms with van der Waals surface area (Å²) in [5.74, 6) is -2.98. The van der Waals surface area contributed by atoms with Gasteiger partial charge in [-0.15, -0.1) is 0 Å². The quantitative estimate of drug-likeness (QED) is 0.815. The van der Waals surface area contributed by atoms with E-state index in [0.717, 1.165) is 18.9 Å². The number of halogens is 3. The molecule has 0 fully saturated rings. The Bertz CT molecular complexity index is 600. The van der Waals surface area contributed by atoms with E-state index < -0.39 is 17.5 Å². The molecule has 0 bridgehead atoms. The lowest BCUT2D eigenvalue weighted by molar-refractivity contribution is 0.495. The summed E-state index contributed by atoms with van der Waals surface area (Å²) in [7, 11) is 0. The third-order valence-corrected chi connectivity index (χ3v) is 3.42. The van der Waals surface area contributed by atoms with E-state index in [1.54, 1.807) is 0 Å². The second-order valence-electron chi connectivity index (χ2n) is 4.76. The van der Waals surface area contributed by atoms with E-state index in [1.165, 1.54) is 11.1 Å². The molecule has 19 heavy (non-hydrogen) atoms. The van der Waals surface area contributed by atoms with Crippen LogP contribution in [0.1, 0.15) is 11.1 Å². The largest absolute Gasteiger partial charge is 0.379 e. The first-order valence-corrected chi connectivity index (χ1v) is 6.11. The van der Waals surface area contributed by atoms with Crippen molar-refractivity contribution in [3.05, 3.63) is 65.0 Å². The number of fused-ring (bicyclic) bond motifs is 1. The van der Waals surface area contributed by atoms with Gasteiger partial charge < -0.3 is 5.32 Å². The van der Waals surface area contributed by atoms with Crippen molar-refractivity contribution in [1.82, 2.24) is 0 Å². The van der Waals surface area contributed by atoms with Crippen LogP contribution in [0.2, 0.25) is 0 Å². The number of benzene rings is 2. The Labute approximate surface area is 109 Å². The zero-order chi connectivity index (χ0) is 13.4. The van der Waals surface area contributed by atoms with Crippen LogP contribution in [0.4, 0.5) is 18.9 Å². The summed E-state index contributed by atoms with van der Waals surface area (Å²) in [6.07, 6.45) is 1.52. The molecule has 0 heterocycles. The van der Waals surface area contributed by atoms with Crippen LogP contribution in [-0.2, 0) is 12.8 Å². The molecule has 4 heteroatoms. The average molecular weight is 263 g/mol. The van der Waals surface area contributed by atoms with Gasteiger partial charge in [0.1, 0.15) is 5.82 Å². The summed E-state index contributed by atoms with van der Waals surface area (Å²) in [5, 5.41) is 2.94. The van der Waals surface area contributed by atoms with Gasteiger partial charge in [-0.25, -0.2) is 13.2 Å². The third kappa shape index (κ3) is 2.30. The zero-order valence-corrected chi connectivity index (χ0v) is 10.1. The van der Waals surface area contributed by atoms with E-state index in [9.17, 15) is 13.2 Å². The van der Waals surface area contributed by atoms with Crippen molar-refractivity contribution in [2.45, 2.75) is 18.9 Å². The highest BCUT2D eigenvalue weighted by molar-refractivity contribution is 5.48. The van der Waals surface area contributed by atoms with E-state index >= 15 is 0 Å². The monoisotopic (exact) mass is 263 g/mol. The molecule has 1 aliphatic rings. The highest BCUT2D eigenvalue weighted by Crippen LogP contribution is 2.26. The molecule has 0 radical (unpaired) electrons. The summed E-state index contributed by atoms with van der Waals surface area (Å²) < 4.78 is 39.5. The molecule has 98 valence electrons. The van der Waals surface area contributed by atoms with E-state index in [4.69, 9.17) is 0 Å². The highest BCUT2D eigenvalue weighted by Gasteiger charge is 2.22. The minimum atomic E-state index is -1.17. The summed E-state index contributed by atoms with van der Waals surface area (Å²) in [5.41, 5.74) is 2.43. The number of nitrogens with one attached hydrogen (secondary N) is 1. The maximum atomic E-state index is 13.5. The molecule has 0 aliphatic heterocycles. The van der Waals surface area contributed by atoms with Crippen LogP contribution in [0.25, 0.3) is 0 Å². The molecular formula is C15H12F3N. The number of anilines is 1. The molecule has 0 saturated carbocycles. The number of rotatable bonds is 2. The van der Waals surface area contributed by atoms with Crippen molar-refractivity contribution in [2.75, 3.05) is 5.32 Å². The average Bonchev–Trinajstić information content (AvgIpc) is 2.78. The minimum absolute atomic E-state index is 0.0108. The van der Waals surface area contributed by atoms with Crippen LogP contribution >= 0.6 is 0 Å². The Balaban J connectivity index is 1.79. The number of hydrogen-bond donors (Lipinski definition) is 1. The van der Waals surface area contributed by atoms with E-state index in [1.807, 2.05) is 24.3 Å². The molecule has 2 aromatic rings. The van der Waals surface area contributed by atoms with Crippen molar-refractivity contribution in [3.8, 4) is 0 Å². The summed E-state index contributed by atoms with van der Waals surface area (Å²) in [6, 6.07) is 9.42. The Morgan fingerprint density at radius 1 is 0.842 bits per heavy atom. The maximum absolute atomic E-state index is 13.5. The van der Waals surface area contributed by atoms with Crippen LogP contribution in [0, 0.1) is 17.5 Å². The molecule has 0 spiro atoms. The molecule has 3 rings (SSSR count). The van der Waals surface area contributed by atoms with Gasteiger partial charge in [0.25, 0.3) is 0 Å². The van der Waals surface area contributed by atoms with Gasteiger partial charge in [0, 0.05) is 18.2 Å². The molecule has 0 aromatic heterocycles. The lowest BCUT2D eigenvalue weighted by Crippen LogP contribution is -2.20. The highest BCUT2D eigenvalue weighted by atomic mass is 19.2. The molecule has 0 amide bonds. The first-order valence-electron chi connectivity index (χ1n) is 6.11. The van der Waals surface area contributed by atoms with E-state index in [-0.39, 0.29) is 11.7 Å². The maximum Gasteiger partial charge on any atom is 0.161 e. The fourth-order valence-corrected chi connectivity index (χ4v) is 2.51. The smallest absolute Gasteiger partial charge is 0.161 e. The van der Waals surface area contributed by atoms with Crippen molar-refractivity contribution in [2.24, 2.45) is 0 Å². The zero-order valence-electron chi connectivity index (χ0n) is 10.1. The lowest BCUT2D eigenvalue weighted by Gasteiger charge is -2.14. The molecule has 1 aliphatic carbocycles. The van der Waals surface area contributed by atoms with Crippen LogP contribution in [0.3, 0.4) is 0 Å². The van der Waals surface area contributed by atoms with E-state index in [2.05, 4.69) is 5.32 Å². The Kier molecular flexibility index (Phi) is 2.93. The van der Waals surface area contributed by atoms with Crippen LogP contribution < -0.4 is 5.32 Å². The van der Waals surface area contributed by atoms with Crippen LogP contribution in [0.15, 0.2) is 36.4 Å². The SMILES string of the molecule is Fc1cc(F)c(NC2Cc3ccccc3C2)cc1F. The molecule has 1 N–H and O–H groups in total. The predicted molar refractivity (Wildman–Crippen MR) is 67.6 cm³/mol. The van der Waals surface area contributed by atoms with Gasteiger partial charge >= 0.3 is 0 Å². The van der Waals surface area contributed by atoms with Crippen molar-refractivity contribution in [3.63, 3.8) is 0 Å². The van der Waals surface area contributed by atoms with Gasteiger partial charge in [0.2, 0.25) is 0 Å². The molecule has 0 atom stereocenters. The van der Waals surface area contributed by atoms with Gasteiger partial charge in [-0.2, -0.15) is 0 Å². The van der Waals surface area contributed by atoms with Crippen molar-refractivity contribution < 1.29 is 13.2 Å². The topological polar surface area (TPSA) is 12.0 Å². The summed E-state index contributed by atoms with van der Waals surface area (Å²) in [4.78, 5) is 0. The molecule has 0 unspecified atom stereocenters. The Morgan fingerprint density at radius 3 is 2.05 bits per heavy atom.